The van der Waals surface area contributed by atoms with Crippen LogP contribution >= 0.6 is 11.6 Å². The third kappa shape index (κ3) is 12.5. The molecule has 6 N–H and O–H groups in total. The van der Waals surface area contributed by atoms with Crippen LogP contribution in [0, 0.1) is 17.8 Å². The molecule has 1 aromatic heterocycles. The minimum absolute atomic E-state index is 0.112. The standard InChI is InChI=1S/C49H81ClN4O12/c1-14-38-49(10,60)42(56)31(6)54(12)26-27(2)24-47(8,59)44(29(4)41(30(5)45(58)64-38)65-39-25-48(9,61-13)43(57)32(7)63-39)66-46-40(55)37(22-28(3)62-46)53(11)21-15-19-51-36-18-20-52-35-17-16-33(50)23-34(35)36/h16-18,20,23,27-32,37-44,46,55-57,59-60H,14-15,19,21-22,24-26H2,1-13H3,(H,51,52)/t27-,28-,29+,30-,31-,32+,37+,38-,39+,40-,41+,42-,43+,44-,46+,47-,48-,49-/m1/s1. The van der Waals surface area contributed by atoms with Crippen molar-refractivity contribution in [3.8, 4) is 0 Å². The number of likely N-dealkylation sites (N-methyl/N-ethyl adjacent to an activating group) is 2. The first-order valence-electron chi connectivity index (χ1n) is 23.9. The molecular formula is C49H81ClN4O12. The number of aromatic nitrogens is 1. The maximum Gasteiger partial charge on any atom is 0.311 e. The molecule has 5 rings (SSSR count). The van der Waals surface area contributed by atoms with Gasteiger partial charge in [0.25, 0.3) is 0 Å². The van der Waals surface area contributed by atoms with Crippen molar-refractivity contribution in [3.63, 3.8) is 0 Å². The van der Waals surface area contributed by atoms with Crippen molar-refractivity contribution in [3.05, 3.63) is 35.5 Å². The summed E-state index contributed by atoms with van der Waals surface area (Å²) < 4.78 is 38.3. The fraction of sp³-hybridized carbons (Fsp3) is 0.796. The number of carbonyl (C=O) groups is 1. The van der Waals surface area contributed by atoms with Gasteiger partial charge in [0.15, 0.2) is 12.6 Å². The van der Waals surface area contributed by atoms with E-state index in [2.05, 4.69) is 15.2 Å². The van der Waals surface area contributed by atoms with Crippen LogP contribution in [0.5, 0.6) is 0 Å². The molecule has 4 heterocycles. The first-order chi connectivity index (χ1) is 30.8. The largest absolute Gasteiger partial charge is 0.459 e. The molecule has 3 aliphatic heterocycles. The number of benzene rings is 1. The first-order valence-corrected chi connectivity index (χ1v) is 24.3. The number of carbonyl (C=O) groups excluding carboxylic acids is 1. The van der Waals surface area contributed by atoms with E-state index in [1.54, 1.807) is 47.7 Å². The van der Waals surface area contributed by atoms with Gasteiger partial charge in [0.2, 0.25) is 0 Å². The highest BCUT2D eigenvalue weighted by Crippen LogP contribution is 2.40. The van der Waals surface area contributed by atoms with Crippen molar-refractivity contribution in [2.45, 2.75) is 192 Å². The lowest BCUT2D eigenvalue weighted by molar-refractivity contribution is -0.318. The van der Waals surface area contributed by atoms with Crippen LogP contribution < -0.4 is 5.32 Å². The molecule has 0 aliphatic carbocycles. The van der Waals surface area contributed by atoms with Gasteiger partial charge in [0.1, 0.15) is 30.0 Å². The molecule has 2 aromatic rings. The summed E-state index contributed by atoms with van der Waals surface area (Å²) in [5.41, 5.74) is -2.71. The van der Waals surface area contributed by atoms with Gasteiger partial charge >= 0.3 is 5.97 Å². The summed E-state index contributed by atoms with van der Waals surface area (Å²) in [7, 11) is 5.32. The Kier molecular flexibility index (Phi) is 18.7. The molecule has 3 aliphatic rings. The first kappa shape index (κ1) is 54.6. The zero-order valence-electron chi connectivity index (χ0n) is 41.5. The molecule has 0 unspecified atom stereocenters. The molecular weight excluding hydrogens is 872 g/mol. The number of nitrogens with one attached hydrogen (secondary N) is 1. The molecule has 18 atom stereocenters. The lowest BCUT2D eigenvalue weighted by Crippen LogP contribution is -2.61. The number of fused-ring (bicyclic) bond motifs is 1. The van der Waals surface area contributed by atoms with Crippen LogP contribution in [0.15, 0.2) is 30.5 Å². The average Bonchev–Trinajstić information content (AvgIpc) is 3.26. The number of hydrogen-bond acceptors (Lipinski definition) is 16. The van der Waals surface area contributed by atoms with Gasteiger partial charge in [-0.1, -0.05) is 32.4 Å². The highest BCUT2D eigenvalue weighted by Gasteiger charge is 2.53. The van der Waals surface area contributed by atoms with Crippen LogP contribution in [-0.4, -0.2) is 177 Å². The van der Waals surface area contributed by atoms with Crippen LogP contribution in [0.4, 0.5) is 5.69 Å². The van der Waals surface area contributed by atoms with Gasteiger partial charge in [0.05, 0.1) is 47.1 Å². The van der Waals surface area contributed by atoms with Gasteiger partial charge in [0, 0.05) is 66.9 Å². The lowest BCUT2D eigenvalue weighted by atomic mass is 9.77. The van der Waals surface area contributed by atoms with Crippen molar-refractivity contribution >= 4 is 34.2 Å². The van der Waals surface area contributed by atoms with Gasteiger partial charge in [-0.25, -0.2) is 0 Å². The molecule has 0 saturated carbocycles. The Labute approximate surface area is 397 Å². The second-order valence-corrected chi connectivity index (χ2v) is 20.9. The predicted octanol–water partition coefficient (Wildman–Crippen LogP) is 4.97. The molecule has 0 radical (unpaired) electrons. The number of pyridine rings is 1. The Bertz CT molecular complexity index is 1880. The third-order valence-corrected chi connectivity index (χ3v) is 15.1. The monoisotopic (exact) mass is 953 g/mol. The van der Waals surface area contributed by atoms with Gasteiger partial charge in [-0.2, -0.15) is 0 Å². The number of cyclic esters (lactones) is 1. The summed E-state index contributed by atoms with van der Waals surface area (Å²) in [5.74, 6) is -2.72. The maximum absolute atomic E-state index is 14.4. The second-order valence-electron chi connectivity index (χ2n) is 20.5. The quantitative estimate of drug-likeness (QED) is 0.123. The summed E-state index contributed by atoms with van der Waals surface area (Å²) in [5, 5.41) is 64.6. The minimum Gasteiger partial charge on any atom is -0.459 e. The summed E-state index contributed by atoms with van der Waals surface area (Å²) in [6.45, 7) is 19.4. The van der Waals surface area contributed by atoms with Crippen LogP contribution in [0.3, 0.4) is 0 Å². The van der Waals surface area contributed by atoms with Crippen molar-refractivity contribution in [1.29, 1.82) is 0 Å². The van der Waals surface area contributed by atoms with Gasteiger partial charge < -0.3 is 69.1 Å². The molecule has 66 heavy (non-hydrogen) atoms. The number of esters is 1. The summed E-state index contributed by atoms with van der Waals surface area (Å²) in [6, 6.07) is 6.61. The normalized spacial score (nSPS) is 41.6. The molecule has 3 fully saturated rings. The van der Waals surface area contributed by atoms with E-state index in [0.717, 1.165) is 23.0 Å². The van der Waals surface area contributed by atoms with E-state index in [1.165, 1.54) is 14.0 Å². The Morgan fingerprint density at radius 3 is 2.36 bits per heavy atom. The number of halogens is 1. The highest BCUT2D eigenvalue weighted by molar-refractivity contribution is 6.31. The van der Waals surface area contributed by atoms with E-state index in [0.29, 0.717) is 31.1 Å². The second kappa shape index (κ2) is 22.6. The molecule has 17 heteroatoms. The molecule has 3 saturated heterocycles. The van der Waals surface area contributed by atoms with E-state index in [1.807, 2.05) is 64.0 Å². The highest BCUT2D eigenvalue weighted by atomic mass is 35.5. The lowest BCUT2D eigenvalue weighted by Gasteiger charge is -2.49. The summed E-state index contributed by atoms with van der Waals surface area (Å²) >= 11 is 6.30. The summed E-state index contributed by atoms with van der Waals surface area (Å²) in [4.78, 5) is 22.9. The van der Waals surface area contributed by atoms with Crippen LogP contribution in [-0.2, 0) is 33.2 Å². The number of nitrogens with zero attached hydrogens (tertiary/aromatic N) is 3. The number of aliphatic hydroxyl groups is 5. The van der Waals surface area contributed by atoms with E-state index in [-0.39, 0.29) is 37.3 Å². The zero-order valence-corrected chi connectivity index (χ0v) is 42.3. The van der Waals surface area contributed by atoms with Gasteiger partial charge in [-0.05, 0) is 125 Å². The number of rotatable bonds is 12. The number of methoxy groups -OCH3 is 1. The van der Waals surface area contributed by atoms with E-state index in [9.17, 15) is 30.3 Å². The Balaban J connectivity index is 1.45. The predicted molar refractivity (Wildman–Crippen MR) is 253 cm³/mol. The minimum atomic E-state index is -1.83. The number of ether oxygens (including phenoxy) is 6. The van der Waals surface area contributed by atoms with Gasteiger partial charge in [-0.15, -0.1) is 0 Å². The molecule has 0 amide bonds. The third-order valence-electron chi connectivity index (χ3n) is 14.8. The van der Waals surface area contributed by atoms with E-state index in [4.69, 9.17) is 40.0 Å². The fourth-order valence-electron chi connectivity index (χ4n) is 10.7. The Morgan fingerprint density at radius 2 is 1.70 bits per heavy atom. The van der Waals surface area contributed by atoms with Crippen molar-refractivity contribution < 1.29 is 58.7 Å². The number of anilines is 1. The van der Waals surface area contributed by atoms with Gasteiger partial charge in [-0.3, -0.25) is 9.78 Å². The summed E-state index contributed by atoms with van der Waals surface area (Å²) in [6.07, 6.45) is -6.25. The molecule has 16 nitrogen and oxygen atoms in total. The van der Waals surface area contributed by atoms with Crippen molar-refractivity contribution in [2.24, 2.45) is 17.8 Å². The average molecular weight is 954 g/mol. The maximum atomic E-state index is 14.4. The van der Waals surface area contributed by atoms with Crippen LogP contribution in [0.1, 0.15) is 101 Å². The molecule has 0 spiro atoms. The molecule has 0 bridgehead atoms. The van der Waals surface area contributed by atoms with E-state index < -0.39 is 96.0 Å². The Hall–Kier alpha value is -2.29. The SMILES string of the molecule is CC[C@H]1OC(=O)[C@H](C)[C@@H](O[C@H]2C[C@@](C)(OC)[C@@H](O)[C@H](C)O2)[C@H](C)[C@@H](O[C@@H]2O[C@H](C)C[C@H](N(C)CCCNc3ccnc4ccc(Cl)cc34)[C@H]2O)[C@](C)(O)C[C@@H](C)CN(C)[C@H](C)[C@@H](O)[C@]1(C)O. The number of hydrogen-bond donors (Lipinski definition) is 6. The van der Waals surface area contributed by atoms with Crippen LogP contribution in [0.2, 0.25) is 5.02 Å². The smallest absolute Gasteiger partial charge is 0.311 e. The number of aliphatic hydroxyl groups excluding tert-OH is 3. The molecule has 1 aromatic carbocycles. The fourth-order valence-corrected chi connectivity index (χ4v) is 10.8. The topological polar surface area (TPSA) is 205 Å². The van der Waals surface area contributed by atoms with E-state index >= 15 is 0 Å². The zero-order chi connectivity index (χ0) is 49.1. The van der Waals surface area contributed by atoms with Crippen molar-refractivity contribution in [2.75, 3.05) is 46.2 Å². The van der Waals surface area contributed by atoms with Crippen LogP contribution in [0.25, 0.3) is 10.9 Å². The molecule has 376 valence electrons. The Morgan fingerprint density at radius 1 is 1.00 bits per heavy atom. The van der Waals surface area contributed by atoms with Crippen molar-refractivity contribution in [1.82, 2.24) is 14.8 Å².